The lowest BCUT2D eigenvalue weighted by molar-refractivity contribution is 0.148. The highest BCUT2D eigenvalue weighted by atomic mass is 16.5. The number of rotatable bonds is 10. The molecule has 0 amide bonds. The van der Waals surface area contributed by atoms with E-state index in [2.05, 4.69) is 57.3 Å². The van der Waals surface area contributed by atoms with E-state index < -0.39 is 0 Å². The van der Waals surface area contributed by atoms with Crippen molar-refractivity contribution in [3.8, 4) is 5.75 Å². The Morgan fingerprint density at radius 2 is 1.97 bits per heavy atom. The van der Waals surface area contributed by atoms with E-state index in [-0.39, 0.29) is 18.6 Å². The number of aromatic nitrogens is 2. The van der Waals surface area contributed by atoms with Gasteiger partial charge in [0, 0.05) is 50.4 Å². The van der Waals surface area contributed by atoms with Gasteiger partial charge in [-0.15, -0.1) is 0 Å². The van der Waals surface area contributed by atoms with Crippen molar-refractivity contribution in [1.82, 2.24) is 19.8 Å². The minimum absolute atomic E-state index is 0.0422. The van der Waals surface area contributed by atoms with Crippen molar-refractivity contribution in [2.45, 2.75) is 45.7 Å². The molecule has 4 N–H and O–H groups in total. The third-order valence-electron chi connectivity index (χ3n) is 6.15. The Labute approximate surface area is 191 Å². The monoisotopic (exact) mass is 442 g/mol. The first-order valence-electron chi connectivity index (χ1n) is 11.5. The first-order valence-corrected chi connectivity index (χ1v) is 11.5. The molecular weight excluding hydrogens is 404 g/mol. The first kappa shape index (κ1) is 24.2. The van der Waals surface area contributed by atoms with Crippen LogP contribution in [0.25, 0.3) is 0 Å². The molecule has 0 aliphatic carbocycles. The minimum Gasteiger partial charge on any atom is -0.496 e. The molecule has 1 aromatic heterocycles. The average molecular weight is 443 g/mol. The van der Waals surface area contributed by atoms with E-state index in [0.29, 0.717) is 12.2 Å². The highest BCUT2D eigenvalue weighted by Gasteiger charge is 2.18. The summed E-state index contributed by atoms with van der Waals surface area (Å²) in [6, 6.07) is 6.39. The van der Waals surface area contributed by atoms with E-state index in [1.165, 1.54) is 5.56 Å². The maximum atomic E-state index is 9.74. The van der Waals surface area contributed by atoms with Crippen LogP contribution in [-0.2, 0) is 13.0 Å². The lowest BCUT2D eigenvalue weighted by atomic mass is 10.0. The van der Waals surface area contributed by atoms with Crippen molar-refractivity contribution in [1.29, 1.82) is 0 Å². The number of nitrogens with one attached hydrogen (secondary N) is 1. The van der Waals surface area contributed by atoms with Crippen LogP contribution in [-0.4, -0.2) is 77.9 Å². The summed E-state index contributed by atoms with van der Waals surface area (Å²) in [5.74, 6) is 1.79. The topological polar surface area (TPSA) is 99.8 Å². The molecule has 176 valence electrons. The van der Waals surface area contributed by atoms with Crippen LogP contribution < -0.4 is 15.8 Å². The molecule has 1 fully saturated rings. The number of ether oxygens (including phenoxy) is 1. The first-order chi connectivity index (χ1) is 15.4. The summed E-state index contributed by atoms with van der Waals surface area (Å²) in [5.41, 5.74) is 10.1. The molecule has 3 rings (SSSR count). The van der Waals surface area contributed by atoms with Gasteiger partial charge in [0.25, 0.3) is 0 Å². The summed E-state index contributed by atoms with van der Waals surface area (Å²) in [7, 11) is 3.89. The summed E-state index contributed by atoms with van der Waals surface area (Å²) in [6.45, 7) is 9.39. The molecule has 32 heavy (non-hydrogen) atoms. The molecule has 0 radical (unpaired) electrons. The normalized spacial score (nSPS) is 16.2. The van der Waals surface area contributed by atoms with Crippen LogP contribution in [0.1, 0.15) is 42.1 Å². The summed E-state index contributed by atoms with van der Waals surface area (Å²) < 4.78 is 5.76. The zero-order chi connectivity index (χ0) is 23.1. The lowest BCUT2D eigenvalue weighted by Gasteiger charge is -2.32. The zero-order valence-corrected chi connectivity index (χ0v) is 19.9. The van der Waals surface area contributed by atoms with Crippen molar-refractivity contribution in [3.05, 3.63) is 40.6 Å². The lowest BCUT2D eigenvalue weighted by Crippen LogP contribution is -2.43. The third kappa shape index (κ3) is 6.31. The highest BCUT2D eigenvalue weighted by molar-refractivity contribution is 5.53. The summed E-state index contributed by atoms with van der Waals surface area (Å²) in [6.07, 6.45) is 2.44. The molecule has 8 heteroatoms. The minimum atomic E-state index is -0.0692. The molecule has 1 aliphatic heterocycles. The molecule has 1 aromatic carbocycles. The molecule has 1 saturated heterocycles. The van der Waals surface area contributed by atoms with Crippen molar-refractivity contribution >= 4 is 11.8 Å². The Bertz CT molecular complexity index is 883. The molecule has 8 nitrogen and oxygen atoms in total. The molecule has 2 heterocycles. The van der Waals surface area contributed by atoms with Gasteiger partial charge in [0.05, 0.1) is 19.8 Å². The van der Waals surface area contributed by atoms with Gasteiger partial charge in [-0.2, -0.15) is 4.98 Å². The highest BCUT2D eigenvalue weighted by Crippen LogP contribution is 2.28. The quantitative estimate of drug-likeness (QED) is 0.515. The molecule has 2 aromatic rings. The van der Waals surface area contributed by atoms with Crippen LogP contribution in [0, 0.1) is 6.92 Å². The van der Waals surface area contributed by atoms with Crippen LogP contribution in [0.4, 0.5) is 11.8 Å². The number of nitrogens with two attached hydrogens (primary N) is 1. The average Bonchev–Trinajstić information content (AvgIpc) is 2.77. The maximum absolute atomic E-state index is 9.74. The van der Waals surface area contributed by atoms with E-state index in [1.807, 2.05) is 6.92 Å². The SMILES string of the molecule is CCC[C@@H](CO)Nc1nc(N)nc(C)c1Cc1ccc(CN2CCN(C)CC2)cc1OC. The number of nitrogen functional groups attached to an aromatic ring is 1. The molecule has 1 aliphatic rings. The number of anilines is 2. The Balaban J connectivity index is 1.81. The van der Waals surface area contributed by atoms with E-state index in [4.69, 9.17) is 10.5 Å². The second-order valence-electron chi connectivity index (χ2n) is 8.71. The molecule has 0 bridgehead atoms. The molecular formula is C24H38N6O2. The fraction of sp³-hybridized carbons (Fsp3) is 0.583. The smallest absolute Gasteiger partial charge is 0.222 e. The number of hydrogen-bond donors (Lipinski definition) is 3. The van der Waals surface area contributed by atoms with Crippen LogP contribution in [0.3, 0.4) is 0 Å². The molecule has 0 spiro atoms. The van der Waals surface area contributed by atoms with Gasteiger partial charge in [0.1, 0.15) is 11.6 Å². The van der Waals surface area contributed by atoms with Gasteiger partial charge in [-0.1, -0.05) is 25.5 Å². The van der Waals surface area contributed by atoms with Gasteiger partial charge in [-0.25, -0.2) is 4.98 Å². The summed E-state index contributed by atoms with van der Waals surface area (Å²) >= 11 is 0. The van der Waals surface area contributed by atoms with Gasteiger partial charge in [-0.3, -0.25) is 4.90 Å². The van der Waals surface area contributed by atoms with Crippen LogP contribution >= 0.6 is 0 Å². The number of methoxy groups -OCH3 is 1. The van der Waals surface area contributed by atoms with E-state index in [0.717, 1.165) is 68.1 Å². The summed E-state index contributed by atoms with van der Waals surface area (Å²) in [5, 5.41) is 13.1. The van der Waals surface area contributed by atoms with E-state index >= 15 is 0 Å². The molecule has 0 unspecified atom stereocenters. The van der Waals surface area contributed by atoms with Gasteiger partial charge in [0.2, 0.25) is 5.95 Å². The standard InChI is InChI=1S/C24H38N6O2/c1-5-6-20(16-31)27-23-21(17(2)26-24(25)28-23)14-19-8-7-18(13-22(19)32-4)15-30-11-9-29(3)10-12-30/h7-8,13,20,31H,5-6,9-12,14-16H2,1-4H3,(H3,25,26,27,28)/t20-/m0/s1. The Morgan fingerprint density at radius 3 is 2.62 bits per heavy atom. The van der Waals surface area contributed by atoms with Gasteiger partial charge < -0.3 is 25.8 Å². The van der Waals surface area contributed by atoms with E-state index in [1.54, 1.807) is 7.11 Å². The number of benzene rings is 1. The van der Waals surface area contributed by atoms with Gasteiger partial charge >= 0.3 is 0 Å². The number of likely N-dealkylation sites (N-methyl/N-ethyl adjacent to an activating group) is 1. The second kappa shape index (κ2) is 11.4. The maximum Gasteiger partial charge on any atom is 0.222 e. The number of aryl methyl sites for hydroxylation is 1. The fourth-order valence-electron chi connectivity index (χ4n) is 4.19. The third-order valence-corrected chi connectivity index (χ3v) is 6.15. The predicted molar refractivity (Wildman–Crippen MR) is 129 cm³/mol. The number of nitrogens with zero attached hydrogens (tertiary/aromatic N) is 4. The number of aliphatic hydroxyl groups excluding tert-OH is 1. The Morgan fingerprint density at radius 1 is 1.22 bits per heavy atom. The Kier molecular flexibility index (Phi) is 8.67. The van der Waals surface area contributed by atoms with Crippen molar-refractivity contribution in [2.24, 2.45) is 0 Å². The Hall–Kier alpha value is -2.42. The fourth-order valence-corrected chi connectivity index (χ4v) is 4.19. The van der Waals surface area contributed by atoms with Crippen molar-refractivity contribution in [2.75, 3.05) is 58.0 Å². The molecule has 1 atom stereocenters. The second-order valence-corrected chi connectivity index (χ2v) is 8.71. The number of aliphatic hydroxyl groups is 1. The van der Waals surface area contributed by atoms with Gasteiger partial charge in [0.15, 0.2) is 0 Å². The van der Waals surface area contributed by atoms with Gasteiger partial charge in [-0.05, 0) is 37.6 Å². The van der Waals surface area contributed by atoms with Crippen LogP contribution in [0.15, 0.2) is 18.2 Å². The largest absolute Gasteiger partial charge is 0.496 e. The number of hydrogen-bond acceptors (Lipinski definition) is 8. The van der Waals surface area contributed by atoms with Crippen LogP contribution in [0.5, 0.6) is 5.75 Å². The number of piperazine rings is 1. The molecule has 0 saturated carbocycles. The van der Waals surface area contributed by atoms with Crippen molar-refractivity contribution < 1.29 is 9.84 Å². The van der Waals surface area contributed by atoms with Crippen LogP contribution in [0.2, 0.25) is 0 Å². The summed E-state index contributed by atoms with van der Waals surface area (Å²) in [4.78, 5) is 13.7. The van der Waals surface area contributed by atoms with Crippen molar-refractivity contribution in [3.63, 3.8) is 0 Å². The zero-order valence-electron chi connectivity index (χ0n) is 19.9. The predicted octanol–water partition coefficient (Wildman–Crippen LogP) is 2.29. The van der Waals surface area contributed by atoms with E-state index in [9.17, 15) is 5.11 Å².